The molecule has 134 valence electrons. The van der Waals surface area contributed by atoms with Crippen molar-refractivity contribution in [3.8, 4) is 0 Å². The highest BCUT2D eigenvalue weighted by Gasteiger charge is 2.06. The average Bonchev–Trinajstić information content (AvgIpc) is 2.60. The monoisotopic (exact) mass is 350 g/mol. The second-order valence-electron chi connectivity index (χ2n) is 6.38. The van der Waals surface area contributed by atoms with E-state index in [1.807, 2.05) is 19.1 Å². The van der Waals surface area contributed by atoms with Crippen molar-refractivity contribution < 1.29 is 4.39 Å². The minimum Gasteiger partial charge on any atom is -0.370 e. The maximum atomic E-state index is 13.0. The number of aryl methyl sites for hydroxylation is 3. The van der Waals surface area contributed by atoms with Gasteiger partial charge in [0.15, 0.2) is 0 Å². The third-order valence-corrected chi connectivity index (χ3v) is 4.21. The zero-order chi connectivity index (χ0) is 18.5. The summed E-state index contributed by atoms with van der Waals surface area (Å²) in [6, 6.07) is 14.7. The standard InChI is InChI=1S/C21H23FN4/c1-14-5-4-6-15(2)21(14)26-20-13-19(24-16(3)25-20)23-12-11-17-7-9-18(22)10-8-17/h4-10,13H,11-12H2,1-3H3,(H2,23,24,25,26). The first-order valence-corrected chi connectivity index (χ1v) is 8.68. The van der Waals surface area contributed by atoms with Gasteiger partial charge in [-0.15, -0.1) is 0 Å². The number of aromatic nitrogens is 2. The van der Waals surface area contributed by atoms with Crippen LogP contribution in [-0.4, -0.2) is 16.5 Å². The Morgan fingerprint density at radius 2 is 1.54 bits per heavy atom. The number of nitrogens with one attached hydrogen (secondary N) is 2. The molecule has 3 rings (SSSR count). The molecule has 5 heteroatoms. The van der Waals surface area contributed by atoms with Crippen LogP contribution in [0.25, 0.3) is 0 Å². The van der Waals surface area contributed by atoms with Gasteiger partial charge < -0.3 is 10.6 Å². The first-order valence-electron chi connectivity index (χ1n) is 8.68. The molecule has 1 heterocycles. The Morgan fingerprint density at radius 1 is 0.885 bits per heavy atom. The summed E-state index contributed by atoms with van der Waals surface area (Å²) in [5.74, 6) is 2.02. The molecule has 0 spiro atoms. The van der Waals surface area contributed by atoms with Crippen LogP contribution >= 0.6 is 0 Å². The lowest BCUT2D eigenvalue weighted by Gasteiger charge is -2.14. The van der Waals surface area contributed by atoms with Crippen LogP contribution < -0.4 is 10.6 Å². The fraction of sp³-hybridized carbons (Fsp3) is 0.238. The normalized spacial score (nSPS) is 10.6. The van der Waals surface area contributed by atoms with Gasteiger partial charge >= 0.3 is 0 Å². The zero-order valence-corrected chi connectivity index (χ0v) is 15.3. The Bertz CT molecular complexity index is 871. The van der Waals surface area contributed by atoms with Gasteiger partial charge in [0, 0.05) is 18.3 Å². The molecular formula is C21H23FN4. The van der Waals surface area contributed by atoms with E-state index in [9.17, 15) is 4.39 Å². The number of nitrogens with zero attached hydrogens (tertiary/aromatic N) is 2. The predicted octanol–water partition coefficient (Wildman–Crippen LogP) is 4.94. The zero-order valence-electron chi connectivity index (χ0n) is 15.3. The molecule has 2 N–H and O–H groups in total. The van der Waals surface area contributed by atoms with E-state index in [2.05, 4.69) is 46.6 Å². The molecule has 0 aliphatic rings. The highest BCUT2D eigenvalue weighted by atomic mass is 19.1. The second kappa shape index (κ2) is 7.95. The van der Waals surface area contributed by atoms with E-state index in [0.29, 0.717) is 12.4 Å². The molecule has 2 aromatic carbocycles. The summed E-state index contributed by atoms with van der Waals surface area (Å²) in [7, 11) is 0. The van der Waals surface area contributed by atoms with Gasteiger partial charge in [-0.3, -0.25) is 0 Å². The van der Waals surface area contributed by atoms with Crippen molar-refractivity contribution in [1.82, 2.24) is 9.97 Å². The van der Waals surface area contributed by atoms with Crippen molar-refractivity contribution in [2.24, 2.45) is 0 Å². The lowest BCUT2D eigenvalue weighted by Crippen LogP contribution is -2.09. The molecule has 0 radical (unpaired) electrons. The van der Waals surface area contributed by atoms with Crippen LogP contribution in [0.4, 0.5) is 21.7 Å². The Balaban J connectivity index is 1.68. The summed E-state index contributed by atoms with van der Waals surface area (Å²) < 4.78 is 13.0. The Morgan fingerprint density at radius 3 is 2.23 bits per heavy atom. The molecule has 4 nitrogen and oxygen atoms in total. The van der Waals surface area contributed by atoms with Crippen molar-refractivity contribution in [2.45, 2.75) is 27.2 Å². The Labute approximate surface area is 153 Å². The number of anilines is 3. The van der Waals surface area contributed by atoms with Crippen molar-refractivity contribution in [3.05, 3.63) is 76.9 Å². The van der Waals surface area contributed by atoms with Gasteiger partial charge in [-0.05, 0) is 56.0 Å². The van der Waals surface area contributed by atoms with Crippen molar-refractivity contribution in [3.63, 3.8) is 0 Å². The smallest absolute Gasteiger partial charge is 0.136 e. The summed E-state index contributed by atoms with van der Waals surface area (Å²) in [6.45, 7) is 6.74. The van der Waals surface area contributed by atoms with E-state index in [1.165, 1.54) is 23.3 Å². The molecule has 1 aromatic heterocycles. The maximum Gasteiger partial charge on any atom is 0.136 e. The van der Waals surface area contributed by atoms with Crippen LogP contribution in [0, 0.1) is 26.6 Å². The molecule has 0 aliphatic heterocycles. The van der Waals surface area contributed by atoms with E-state index in [4.69, 9.17) is 0 Å². The van der Waals surface area contributed by atoms with Crippen LogP contribution in [-0.2, 0) is 6.42 Å². The fourth-order valence-electron chi connectivity index (χ4n) is 2.85. The second-order valence-corrected chi connectivity index (χ2v) is 6.38. The average molecular weight is 350 g/mol. The Kier molecular flexibility index (Phi) is 5.46. The van der Waals surface area contributed by atoms with E-state index in [-0.39, 0.29) is 5.82 Å². The molecule has 0 bridgehead atoms. The molecule has 26 heavy (non-hydrogen) atoms. The summed E-state index contributed by atoms with van der Waals surface area (Å²) in [5.41, 5.74) is 4.50. The lowest BCUT2D eigenvalue weighted by atomic mass is 10.1. The van der Waals surface area contributed by atoms with Crippen molar-refractivity contribution in [1.29, 1.82) is 0 Å². The van der Waals surface area contributed by atoms with Crippen LogP contribution in [0.2, 0.25) is 0 Å². The van der Waals surface area contributed by atoms with Crippen LogP contribution in [0.3, 0.4) is 0 Å². The van der Waals surface area contributed by atoms with Crippen LogP contribution in [0.5, 0.6) is 0 Å². The van der Waals surface area contributed by atoms with Gasteiger partial charge in [-0.25, -0.2) is 14.4 Å². The maximum absolute atomic E-state index is 13.0. The van der Waals surface area contributed by atoms with Gasteiger partial charge in [-0.2, -0.15) is 0 Å². The van der Waals surface area contributed by atoms with Crippen molar-refractivity contribution in [2.75, 3.05) is 17.2 Å². The lowest BCUT2D eigenvalue weighted by molar-refractivity contribution is 0.627. The minimum absolute atomic E-state index is 0.213. The molecule has 0 saturated carbocycles. The molecule has 0 unspecified atom stereocenters. The minimum atomic E-state index is -0.213. The summed E-state index contributed by atoms with van der Waals surface area (Å²) in [5, 5.41) is 6.72. The van der Waals surface area contributed by atoms with Crippen LogP contribution in [0.1, 0.15) is 22.5 Å². The molecule has 0 saturated heterocycles. The first-order chi connectivity index (χ1) is 12.5. The highest BCUT2D eigenvalue weighted by molar-refractivity contribution is 5.65. The highest BCUT2D eigenvalue weighted by Crippen LogP contribution is 2.24. The van der Waals surface area contributed by atoms with E-state index >= 15 is 0 Å². The van der Waals surface area contributed by atoms with Gasteiger partial charge in [0.25, 0.3) is 0 Å². The van der Waals surface area contributed by atoms with E-state index < -0.39 is 0 Å². The number of hydrogen-bond donors (Lipinski definition) is 2. The quantitative estimate of drug-likeness (QED) is 0.661. The van der Waals surface area contributed by atoms with E-state index in [0.717, 1.165) is 29.3 Å². The summed E-state index contributed by atoms with van der Waals surface area (Å²) in [4.78, 5) is 8.93. The number of halogens is 1. The SMILES string of the molecule is Cc1nc(NCCc2ccc(F)cc2)cc(Nc2c(C)cccc2C)n1. The number of rotatable bonds is 6. The number of hydrogen-bond acceptors (Lipinski definition) is 4. The largest absolute Gasteiger partial charge is 0.370 e. The summed E-state index contributed by atoms with van der Waals surface area (Å²) >= 11 is 0. The van der Waals surface area contributed by atoms with Gasteiger partial charge in [-0.1, -0.05) is 30.3 Å². The van der Waals surface area contributed by atoms with E-state index in [1.54, 1.807) is 12.1 Å². The number of benzene rings is 2. The van der Waals surface area contributed by atoms with Crippen LogP contribution in [0.15, 0.2) is 48.5 Å². The topological polar surface area (TPSA) is 49.8 Å². The third-order valence-electron chi connectivity index (χ3n) is 4.21. The fourth-order valence-corrected chi connectivity index (χ4v) is 2.85. The van der Waals surface area contributed by atoms with Gasteiger partial charge in [0.1, 0.15) is 23.3 Å². The molecular weight excluding hydrogens is 327 g/mol. The van der Waals surface area contributed by atoms with Gasteiger partial charge in [0.2, 0.25) is 0 Å². The van der Waals surface area contributed by atoms with Crippen molar-refractivity contribution >= 4 is 17.3 Å². The van der Waals surface area contributed by atoms with Gasteiger partial charge in [0.05, 0.1) is 0 Å². The summed E-state index contributed by atoms with van der Waals surface area (Å²) in [6.07, 6.45) is 0.795. The first kappa shape index (κ1) is 17.9. The third kappa shape index (κ3) is 4.57. The molecule has 0 aliphatic carbocycles. The molecule has 3 aromatic rings. The Hall–Kier alpha value is -2.95. The number of para-hydroxylation sites is 1. The molecule has 0 fully saturated rings. The molecule has 0 atom stereocenters. The predicted molar refractivity (Wildman–Crippen MR) is 105 cm³/mol. The molecule has 0 amide bonds.